The van der Waals surface area contributed by atoms with Gasteiger partial charge in [-0.15, -0.1) is 0 Å². The molecule has 2 aromatic heterocycles. The summed E-state index contributed by atoms with van der Waals surface area (Å²) in [7, 11) is 0. The van der Waals surface area contributed by atoms with Gasteiger partial charge in [-0.1, -0.05) is 12.1 Å². The van der Waals surface area contributed by atoms with Crippen molar-refractivity contribution in [1.29, 1.82) is 0 Å². The van der Waals surface area contributed by atoms with Crippen LogP contribution in [0.3, 0.4) is 0 Å². The molecule has 0 spiro atoms. The molecule has 2 heterocycles. The summed E-state index contributed by atoms with van der Waals surface area (Å²) in [6.45, 7) is 0.167. The molecule has 0 saturated heterocycles. The lowest BCUT2D eigenvalue weighted by atomic mass is 10.1. The molecule has 0 fully saturated rings. The van der Waals surface area contributed by atoms with E-state index in [0.29, 0.717) is 6.42 Å². The summed E-state index contributed by atoms with van der Waals surface area (Å²) in [5.74, 6) is 0.808. The number of pyridine rings is 1. The minimum atomic E-state index is 0.167. The first-order valence-electron chi connectivity index (χ1n) is 5.87. The number of rotatable bonds is 3. The van der Waals surface area contributed by atoms with Gasteiger partial charge < -0.3 is 5.11 Å². The predicted octanol–water partition coefficient (Wildman–Crippen LogP) is 1.96. The zero-order chi connectivity index (χ0) is 12.4. The molecule has 0 bridgehead atoms. The average molecular weight is 239 g/mol. The van der Waals surface area contributed by atoms with E-state index >= 15 is 0 Å². The smallest absolute Gasteiger partial charge is 0.153 e. The fourth-order valence-electron chi connectivity index (χ4n) is 2.03. The minimum Gasteiger partial charge on any atom is -0.396 e. The Bertz CT molecular complexity index is 661. The number of hydrogen-bond donors (Lipinski definition) is 1. The Labute approximate surface area is 105 Å². The topological polar surface area (TPSA) is 50.9 Å². The Morgan fingerprint density at radius 2 is 2.11 bits per heavy atom. The fourth-order valence-corrected chi connectivity index (χ4v) is 2.03. The van der Waals surface area contributed by atoms with Gasteiger partial charge in [-0.2, -0.15) is 5.10 Å². The van der Waals surface area contributed by atoms with Crippen molar-refractivity contribution in [1.82, 2.24) is 14.8 Å². The van der Waals surface area contributed by atoms with Gasteiger partial charge in [0.1, 0.15) is 0 Å². The second kappa shape index (κ2) is 4.58. The molecule has 3 rings (SSSR count). The molecule has 18 heavy (non-hydrogen) atoms. The van der Waals surface area contributed by atoms with Crippen LogP contribution in [0.15, 0.2) is 48.8 Å². The van der Waals surface area contributed by atoms with Gasteiger partial charge in [-0.05, 0) is 36.2 Å². The van der Waals surface area contributed by atoms with Crippen LogP contribution in [0.4, 0.5) is 0 Å². The lowest BCUT2D eigenvalue weighted by molar-refractivity contribution is 0.299. The first-order valence-corrected chi connectivity index (χ1v) is 5.87. The quantitative estimate of drug-likeness (QED) is 0.760. The molecule has 1 aromatic carbocycles. The maximum Gasteiger partial charge on any atom is 0.153 e. The maximum absolute atomic E-state index is 8.94. The Kier molecular flexibility index (Phi) is 2.78. The molecule has 4 heteroatoms. The van der Waals surface area contributed by atoms with E-state index in [1.165, 1.54) is 0 Å². The van der Waals surface area contributed by atoms with Gasteiger partial charge in [0.05, 0.1) is 11.7 Å². The van der Waals surface area contributed by atoms with Crippen molar-refractivity contribution in [3.8, 4) is 5.82 Å². The third-order valence-electron chi connectivity index (χ3n) is 2.90. The molecule has 0 radical (unpaired) electrons. The fraction of sp³-hybridized carbons (Fsp3) is 0.143. The summed E-state index contributed by atoms with van der Waals surface area (Å²) < 4.78 is 1.82. The van der Waals surface area contributed by atoms with Gasteiger partial charge in [0, 0.05) is 18.2 Å². The van der Waals surface area contributed by atoms with E-state index < -0.39 is 0 Å². The van der Waals surface area contributed by atoms with Gasteiger partial charge in [-0.25, -0.2) is 9.67 Å². The molecule has 3 aromatic rings. The molecule has 0 unspecified atom stereocenters. The summed E-state index contributed by atoms with van der Waals surface area (Å²) >= 11 is 0. The lowest BCUT2D eigenvalue weighted by Crippen LogP contribution is -1.98. The molecular formula is C14H13N3O. The molecule has 0 atom stereocenters. The second-order valence-electron chi connectivity index (χ2n) is 4.11. The molecule has 0 aliphatic rings. The van der Waals surface area contributed by atoms with E-state index in [-0.39, 0.29) is 6.61 Å². The van der Waals surface area contributed by atoms with Crippen molar-refractivity contribution < 1.29 is 5.11 Å². The van der Waals surface area contributed by atoms with E-state index in [2.05, 4.69) is 16.1 Å². The zero-order valence-corrected chi connectivity index (χ0v) is 9.82. The molecule has 1 N–H and O–H groups in total. The summed E-state index contributed by atoms with van der Waals surface area (Å²) in [5, 5.41) is 14.4. The number of aromatic nitrogens is 3. The number of nitrogens with zero attached hydrogens (tertiary/aromatic N) is 3. The van der Waals surface area contributed by atoms with Crippen LogP contribution in [-0.2, 0) is 6.42 Å². The van der Waals surface area contributed by atoms with Crippen LogP contribution < -0.4 is 0 Å². The Morgan fingerprint density at radius 3 is 2.89 bits per heavy atom. The van der Waals surface area contributed by atoms with Gasteiger partial charge in [0.25, 0.3) is 0 Å². The van der Waals surface area contributed by atoms with Gasteiger partial charge in [0.15, 0.2) is 5.82 Å². The number of aliphatic hydroxyl groups is 1. The lowest BCUT2D eigenvalue weighted by Gasteiger charge is -2.02. The minimum absolute atomic E-state index is 0.167. The first-order chi connectivity index (χ1) is 8.88. The third kappa shape index (κ3) is 1.87. The van der Waals surface area contributed by atoms with Crippen LogP contribution in [0.1, 0.15) is 5.56 Å². The second-order valence-corrected chi connectivity index (χ2v) is 4.11. The molecule has 0 aliphatic carbocycles. The largest absolute Gasteiger partial charge is 0.396 e. The summed E-state index contributed by atoms with van der Waals surface area (Å²) in [5.41, 5.74) is 2.14. The summed E-state index contributed by atoms with van der Waals surface area (Å²) in [6.07, 6.45) is 4.25. The number of aliphatic hydroxyl groups excluding tert-OH is 1. The Morgan fingerprint density at radius 1 is 1.17 bits per heavy atom. The van der Waals surface area contributed by atoms with Crippen molar-refractivity contribution >= 4 is 10.9 Å². The molecular weight excluding hydrogens is 226 g/mol. The van der Waals surface area contributed by atoms with Gasteiger partial charge >= 0.3 is 0 Å². The monoisotopic (exact) mass is 239 g/mol. The van der Waals surface area contributed by atoms with E-state index in [1.807, 2.05) is 41.2 Å². The van der Waals surface area contributed by atoms with Crippen molar-refractivity contribution in [2.24, 2.45) is 0 Å². The summed E-state index contributed by atoms with van der Waals surface area (Å²) in [6, 6.07) is 11.8. The number of benzene rings is 1. The van der Waals surface area contributed by atoms with E-state index in [9.17, 15) is 0 Å². The highest BCUT2D eigenvalue weighted by Crippen LogP contribution is 2.18. The van der Waals surface area contributed by atoms with Crippen LogP contribution in [-0.4, -0.2) is 26.5 Å². The van der Waals surface area contributed by atoms with Crippen molar-refractivity contribution in [2.45, 2.75) is 6.42 Å². The normalized spacial score (nSPS) is 10.9. The maximum atomic E-state index is 8.94. The van der Waals surface area contributed by atoms with Gasteiger partial charge in [0.2, 0.25) is 0 Å². The highest BCUT2D eigenvalue weighted by Gasteiger charge is 2.05. The SMILES string of the molecule is OCCc1ccc2c(cnn2-c2ccccn2)c1. The van der Waals surface area contributed by atoms with Crippen LogP contribution in [0.5, 0.6) is 0 Å². The van der Waals surface area contributed by atoms with E-state index in [4.69, 9.17) is 5.11 Å². The number of hydrogen-bond acceptors (Lipinski definition) is 3. The van der Waals surface area contributed by atoms with Crippen LogP contribution in [0, 0.1) is 0 Å². The molecule has 0 aliphatic heterocycles. The predicted molar refractivity (Wildman–Crippen MR) is 69.7 cm³/mol. The summed E-state index contributed by atoms with van der Waals surface area (Å²) in [4.78, 5) is 4.29. The standard InChI is InChI=1S/C14H13N3O/c18-8-6-11-4-5-13-12(9-11)10-16-17(13)14-3-1-2-7-15-14/h1-5,7,9-10,18H,6,8H2. The van der Waals surface area contributed by atoms with Crippen LogP contribution >= 0.6 is 0 Å². The molecule has 0 saturated carbocycles. The third-order valence-corrected chi connectivity index (χ3v) is 2.90. The van der Waals surface area contributed by atoms with Gasteiger partial charge in [-0.3, -0.25) is 0 Å². The van der Waals surface area contributed by atoms with E-state index in [0.717, 1.165) is 22.3 Å². The number of fused-ring (bicyclic) bond motifs is 1. The zero-order valence-electron chi connectivity index (χ0n) is 9.82. The highest BCUT2D eigenvalue weighted by atomic mass is 16.2. The average Bonchev–Trinajstić information content (AvgIpc) is 2.83. The molecule has 4 nitrogen and oxygen atoms in total. The Balaban J connectivity index is 2.10. The first kappa shape index (κ1) is 10.9. The Hall–Kier alpha value is -2.20. The van der Waals surface area contributed by atoms with Crippen molar-refractivity contribution in [3.05, 3.63) is 54.4 Å². The van der Waals surface area contributed by atoms with Crippen LogP contribution in [0.2, 0.25) is 0 Å². The molecule has 0 amide bonds. The van der Waals surface area contributed by atoms with Crippen molar-refractivity contribution in [3.63, 3.8) is 0 Å². The van der Waals surface area contributed by atoms with Crippen molar-refractivity contribution in [2.75, 3.05) is 6.61 Å². The van der Waals surface area contributed by atoms with Crippen LogP contribution in [0.25, 0.3) is 16.7 Å². The van der Waals surface area contributed by atoms with E-state index in [1.54, 1.807) is 6.20 Å². The molecule has 90 valence electrons. The highest BCUT2D eigenvalue weighted by molar-refractivity contribution is 5.80.